The number of aromatic nitrogens is 2. The first-order valence-corrected chi connectivity index (χ1v) is 9.02. The smallest absolute Gasteiger partial charge is 0.347 e. The van der Waals surface area contributed by atoms with E-state index in [0.29, 0.717) is 10.6 Å². The Morgan fingerprint density at radius 3 is 2.54 bits per heavy atom. The number of aryl methyl sites for hydroxylation is 1. The van der Waals surface area contributed by atoms with Crippen LogP contribution in [0.1, 0.15) is 16.1 Å². The molecule has 128 valence electrons. The van der Waals surface area contributed by atoms with Crippen LogP contribution < -0.4 is 5.63 Å². The number of benzene rings is 2. The molecular weight excluding hydrogens is 348 g/mol. The van der Waals surface area contributed by atoms with Crippen molar-refractivity contribution < 1.29 is 9.21 Å². The molecule has 0 aliphatic carbocycles. The largest absolute Gasteiger partial charge is 0.422 e. The number of carbonyl (C=O) groups excluding carboxylic acids is 1. The number of nitrogens with zero attached hydrogens (tertiary/aromatic N) is 2. The minimum Gasteiger partial charge on any atom is -0.422 e. The number of Topliss-reactive ketones (excluding diaryl/α,β-unsaturated/α-hetero) is 1. The Morgan fingerprint density at radius 1 is 1.04 bits per heavy atom. The van der Waals surface area contributed by atoms with Crippen molar-refractivity contribution in [1.29, 1.82) is 0 Å². The van der Waals surface area contributed by atoms with E-state index >= 15 is 0 Å². The summed E-state index contributed by atoms with van der Waals surface area (Å²) >= 11 is 1.28. The molecule has 2 aromatic heterocycles. The minimum atomic E-state index is -0.615. The first-order valence-electron chi connectivity index (χ1n) is 8.04. The molecule has 26 heavy (non-hydrogen) atoms. The van der Waals surface area contributed by atoms with Crippen LogP contribution >= 0.6 is 11.8 Å². The Hall–Kier alpha value is -2.99. The molecule has 0 saturated heterocycles. The molecule has 0 amide bonds. The fourth-order valence-corrected chi connectivity index (χ4v) is 3.52. The van der Waals surface area contributed by atoms with Gasteiger partial charge in [0.15, 0.2) is 5.78 Å². The lowest BCUT2D eigenvalue weighted by Gasteiger charge is -2.06. The number of carbonyl (C=O) groups is 1. The zero-order valence-electron chi connectivity index (χ0n) is 13.9. The first-order chi connectivity index (χ1) is 12.6. The molecular formula is C20H14N2O3S. The monoisotopic (exact) mass is 362 g/mol. The summed E-state index contributed by atoms with van der Waals surface area (Å²) in [6.45, 7) is 1.86. The Kier molecular flexibility index (Phi) is 4.26. The summed E-state index contributed by atoms with van der Waals surface area (Å²) in [5.74, 6) is -0.194. The number of thioether (sulfide) groups is 1. The first kappa shape index (κ1) is 16.5. The SMILES string of the molecule is Cc1nc2ccccc2nc1SCC(=O)c1cc2ccccc2oc1=O. The molecule has 0 aliphatic heterocycles. The molecule has 0 atom stereocenters. The second-order valence-corrected chi connectivity index (χ2v) is 6.76. The lowest BCUT2D eigenvalue weighted by Crippen LogP contribution is -2.15. The van der Waals surface area contributed by atoms with Crippen LogP contribution in [-0.2, 0) is 0 Å². The maximum Gasteiger partial charge on any atom is 0.347 e. The fraction of sp³-hybridized carbons (Fsp3) is 0.100. The molecule has 0 radical (unpaired) electrons. The standard InChI is InChI=1S/C20H14N2O3S/c1-12-19(22-16-8-4-3-7-15(16)21-12)26-11-17(23)14-10-13-6-2-5-9-18(13)25-20(14)24/h2-10H,11H2,1H3. The number of rotatable bonds is 4. The van der Waals surface area contributed by atoms with Gasteiger partial charge in [0, 0.05) is 5.39 Å². The van der Waals surface area contributed by atoms with Gasteiger partial charge in [-0.05, 0) is 31.2 Å². The molecule has 0 unspecified atom stereocenters. The van der Waals surface area contributed by atoms with Crippen LogP contribution in [0.3, 0.4) is 0 Å². The van der Waals surface area contributed by atoms with Gasteiger partial charge in [-0.1, -0.05) is 42.1 Å². The number of para-hydroxylation sites is 3. The third kappa shape index (κ3) is 3.11. The van der Waals surface area contributed by atoms with Crippen LogP contribution in [-0.4, -0.2) is 21.5 Å². The van der Waals surface area contributed by atoms with E-state index in [2.05, 4.69) is 9.97 Å². The highest BCUT2D eigenvalue weighted by atomic mass is 32.2. The number of hydrogen-bond donors (Lipinski definition) is 0. The van der Waals surface area contributed by atoms with E-state index in [9.17, 15) is 9.59 Å². The van der Waals surface area contributed by atoms with Gasteiger partial charge in [-0.2, -0.15) is 0 Å². The fourth-order valence-electron chi connectivity index (χ4n) is 2.68. The van der Waals surface area contributed by atoms with Crippen LogP contribution in [0.4, 0.5) is 0 Å². The molecule has 0 saturated carbocycles. The summed E-state index contributed by atoms with van der Waals surface area (Å²) in [5, 5.41) is 1.41. The Bertz CT molecular complexity index is 1200. The van der Waals surface area contributed by atoms with Crippen LogP contribution in [0.15, 0.2) is 68.8 Å². The number of ketones is 1. The molecule has 0 bridgehead atoms. The maximum absolute atomic E-state index is 12.5. The van der Waals surface area contributed by atoms with Gasteiger partial charge in [0.05, 0.1) is 22.5 Å². The normalized spacial score (nSPS) is 11.1. The van der Waals surface area contributed by atoms with E-state index in [1.165, 1.54) is 11.8 Å². The minimum absolute atomic E-state index is 0.0580. The highest BCUT2D eigenvalue weighted by Gasteiger charge is 2.15. The van der Waals surface area contributed by atoms with Gasteiger partial charge in [0.25, 0.3) is 0 Å². The van der Waals surface area contributed by atoms with E-state index in [1.807, 2.05) is 37.3 Å². The quantitative estimate of drug-likeness (QED) is 0.310. The van der Waals surface area contributed by atoms with Crippen LogP contribution in [0.25, 0.3) is 22.0 Å². The lowest BCUT2D eigenvalue weighted by atomic mass is 10.1. The summed E-state index contributed by atoms with van der Waals surface area (Å²) in [6.07, 6.45) is 0. The average molecular weight is 362 g/mol. The zero-order valence-corrected chi connectivity index (χ0v) is 14.7. The topological polar surface area (TPSA) is 73.1 Å². The molecule has 0 N–H and O–H groups in total. The van der Waals surface area contributed by atoms with Crippen LogP contribution in [0, 0.1) is 6.92 Å². The average Bonchev–Trinajstić information content (AvgIpc) is 2.65. The van der Waals surface area contributed by atoms with Gasteiger partial charge >= 0.3 is 5.63 Å². The Balaban J connectivity index is 1.60. The second kappa shape index (κ2) is 6.72. The van der Waals surface area contributed by atoms with Crippen molar-refractivity contribution in [2.75, 3.05) is 5.75 Å². The predicted octanol–water partition coefficient (Wildman–Crippen LogP) is 4.02. The van der Waals surface area contributed by atoms with E-state index in [1.54, 1.807) is 24.3 Å². The molecule has 2 heterocycles. The van der Waals surface area contributed by atoms with Crippen LogP contribution in [0.5, 0.6) is 0 Å². The van der Waals surface area contributed by atoms with Crippen molar-refractivity contribution >= 4 is 39.5 Å². The van der Waals surface area contributed by atoms with Crippen molar-refractivity contribution in [2.45, 2.75) is 11.9 Å². The molecule has 5 nitrogen and oxygen atoms in total. The van der Waals surface area contributed by atoms with E-state index < -0.39 is 5.63 Å². The molecule has 0 fully saturated rings. The van der Waals surface area contributed by atoms with Gasteiger partial charge < -0.3 is 4.42 Å². The summed E-state index contributed by atoms with van der Waals surface area (Å²) in [5.41, 5.74) is 2.26. The summed E-state index contributed by atoms with van der Waals surface area (Å²) < 4.78 is 5.23. The van der Waals surface area contributed by atoms with Gasteiger partial charge in [-0.25, -0.2) is 14.8 Å². The van der Waals surface area contributed by atoms with Crippen molar-refractivity contribution in [3.8, 4) is 0 Å². The third-order valence-electron chi connectivity index (χ3n) is 3.98. The summed E-state index contributed by atoms with van der Waals surface area (Å²) in [4.78, 5) is 33.7. The summed E-state index contributed by atoms with van der Waals surface area (Å²) in [7, 11) is 0. The van der Waals surface area contributed by atoms with Gasteiger partial charge in [-0.3, -0.25) is 4.79 Å². The van der Waals surface area contributed by atoms with E-state index in [-0.39, 0.29) is 17.1 Å². The molecule has 0 aliphatic rings. The van der Waals surface area contributed by atoms with E-state index in [4.69, 9.17) is 4.42 Å². The molecule has 6 heteroatoms. The number of hydrogen-bond acceptors (Lipinski definition) is 6. The maximum atomic E-state index is 12.5. The second-order valence-electron chi connectivity index (χ2n) is 5.80. The van der Waals surface area contributed by atoms with E-state index in [0.717, 1.165) is 22.1 Å². The summed E-state index contributed by atoms with van der Waals surface area (Å²) in [6, 6.07) is 16.3. The third-order valence-corrected chi connectivity index (χ3v) is 5.05. The van der Waals surface area contributed by atoms with Crippen molar-refractivity contribution in [3.63, 3.8) is 0 Å². The molecule has 0 spiro atoms. The van der Waals surface area contributed by atoms with Gasteiger partial charge in [0.1, 0.15) is 16.2 Å². The van der Waals surface area contributed by atoms with Crippen molar-refractivity contribution in [1.82, 2.24) is 9.97 Å². The highest BCUT2D eigenvalue weighted by molar-refractivity contribution is 8.00. The van der Waals surface area contributed by atoms with Crippen LogP contribution in [0.2, 0.25) is 0 Å². The lowest BCUT2D eigenvalue weighted by molar-refractivity contribution is 0.101. The van der Waals surface area contributed by atoms with Gasteiger partial charge in [0.2, 0.25) is 0 Å². The predicted molar refractivity (Wildman–Crippen MR) is 102 cm³/mol. The van der Waals surface area contributed by atoms with Crippen molar-refractivity contribution in [3.05, 3.63) is 76.3 Å². The molecule has 4 rings (SSSR count). The molecule has 2 aromatic carbocycles. The van der Waals surface area contributed by atoms with Gasteiger partial charge in [-0.15, -0.1) is 0 Å². The van der Waals surface area contributed by atoms with Crippen molar-refractivity contribution in [2.24, 2.45) is 0 Å². The molecule has 4 aromatic rings. The number of fused-ring (bicyclic) bond motifs is 2. The Labute approximate surface area is 153 Å². The Morgan fingerprint density at radius 2 is 1.73 bits per heavy atom. The zero-order chi connectivity index (χ0) is 18.1. The highest BCUT2D eigenvalue weighted by Crippen LogP contribution is 2.23.